The van der Waals surface area contributed by atoms with Crippen LogP contribution in [0.1, 0.15) is 12.0 Å². The number of carbonyl (C=O) groups excluding carboxylic acids is 1. The lowest BCUT2D eigenvalue weighted by molar-refractivity contribution is -0.156. The highest BCUT2D eigenvalue weighted by molar-refractivity contribution is 8.01. The summed E-state index contributed by atoms with van der Waals surface area (Å²) in [6.45, 7) is 2.02. The molecule has 3 aliphatic rings. The van der Waals surface area contributed by atoms with Gasteiger partial charge in [0.15, 0.2) is 4.75 Å². The van der Waals surface area contributed by atoms with E-state index in [0.29, 0.717) is 6.42 Å². The van der Waals surface area contributed by atoms with Crippen LogP contribution in [0.4, 0.5) is 0 Å². The van der Waals surface area contributed by atoms with Gasteiger partial charge in [0.1, 0.15) is 6.10 Å². The Labute approximate surface area is 116 Å². The van der Waals surface area contributed by atoms with Crippen molar-refractivity contribution in [2.45, 2.75) is 29.1 Å². The summed E-state index contributed by atoms with van der Waals surface area (Å²) in [5.74, 6) is -0.613. The number of nitrogens with zero attached hydrogens (tertiary/aromatic N) is 1. The van der Waals surface area contributed by atoms with Gasteiger partial charge in [0, 0.05) is 11.3 Å². The van der Waals surface area contributed by atoms with Crippen molar-refractivity contribution in [2.75, 3.05) is 0 Å². The molecule has 1 aliphatic carbocycles. The topological polar surface area (TPSA) is 50.1 Å². The summed E-state index contributed by atoms with van der Waals surface area (Å²) >= 11 is 1.42. The maximum atomic E-state index is 12.2. The highest BCUT2D eigenvalue weighted by Gasteiger charge is 2.54. The molecule has 4 rings (SSSR count). The number of rotatable bonds is 2. The van der Waals surface area contributed by atoms with Crippen molar-refractivity contribution in [1.82, 2.24) is 0 Å². The van der Waals surface area contributed by atoms with Crippen molar-refractivity contribution >= 4 is 17.7 Å². The van der Waals surface area contributed by atoms with Gasteiger partial charge in [-0.1, -0.05) is 23.8 Å². The lowest BCUT2D eigenvalue weighted by Crippen LogP contribution is -2.52. The number of esters is 1. The molecule has 96 valence electrons. The van der Waals surface area contributed by atoms with Crippen LogP contribution in [0.3, 0.4) is 0 Å². The summed E-state index contributed by atoms with van der Waals surface area (Å²) in [4.78, 5) is 13.2. The predicted molar refractivity (Wildman–Crippen MR) is 72.5 cm³/mol. The van der Waals surface area contributed by atoms with Crippen molar-refractivity contribution in [3.63, 3.8) is 0 Å². The largest absolute Gasteiger partial charge is 0.457 e. The average Bonchev–Trinajstić information content (AvgIpc) is 2.42. The van der Waals surface area contributed by atoms with Gasteiger partial charge in [0.2, 0.25) is 0 Å². The minimum atomic E-state index is -0.876. The molecule has 1 saturated heterocycles. The van der Waals surface area contributed by atoms with Crippen LogP contribution in [0.25, 0.3) is 0 Å². The van der Waals surface area contributed by atoms with E-state index in [1.165, 1.54) is 17.3 Å². The van der Waals surface area contributed by atoms with Crippen LogP contribution < -0.4 is 0 Å². The zero-order valence-electron chi connectivity index (χ0n) is 10.5. The molecule has 2 heterocycles. The molecule has 3 nitrogen and oxygen atoms in total. The molecule has 0 spiro atoms. The van der Waals surface area contributed by atoms with Crippen LogP contribution in [0, 0.1) is 24.2 Å². The van der Waals surface area contributed by atoms with E-state index >= 15 is 0 Å². The smallest absolute Gasteiger partial charge is 0.328 e. The van der Waals surface area contributed by atoms with Gasteiger partial charge in [-0.15, -0.1) is 11.8 Å². The molecule has 0 N–H and O–H groups in total. The third-order valence-electron chi connectivity index (χ3n) is 3.59. The molecule has 0 radical (unpaired) electrons. The first-order chi connectivity index (χ1) is 9.14. The molecule has 2 aliphatic heterocycles. The summed E-state index contributed by atoms with van der Waals surface area (Å²) in [5, 5.41) is 9.31. The van der Waals surface area contributed by atoms with Gasteiger partial charge in [0.05, 0.1) is 12.0 Å². The van der Waals surface area contributed by atoms with Crippen LogP contribution >= 0.6 is 11.8 Å². The van der Waals surface area contributed by atoms with E-state index in [4.69, 9.17) is 4.74 Å². The summed E-state index contributed by atoms with van der Waals surface area (Å²) in [6.07, 6.45) is 4.12. The molecule has 4 heteroatoms. The number of ether oxygens (including phenoxy) is 1. The fraction of sp³-hybridized carbons (Fsp3) is 0.333. The first-order valence-corrected chi connectivity index (χ1v) is 7.01. The standard InChI is InChI=1S/C15H13NO2S/c1-10-2-4-13(5-3-10)19-15-7-6-12(18-14(15)17)8-11(15)9-16/h2-7,11-12H,8H2,1H3/t11-,12-,15-/m0/s1. The molecule has 0 saturated carbocycles. The molecule has 0 aromatic heterocycles. The molecular weight excluding hydrogens is 258 g/mol. The lowest BCUT2D eigenvalue weighted by Gasteiger charge is -2.42. The van der Waals surface area contributed by atoms with Crippen molar-refractivity contribution in [3.8, 4) is 6.07 Å². The summed E-state index contributed by atoms with van der Waals surface area (Å²) < 4.78 is 4.44. The fourth-order valence-corrected chi connectivity index (χ4v) is 3.71. The molecular formula is C15H13NO2S. The number of nitriles is 1. The van der Waals surface area contributed by atoms with Gasteiger partial charge in [-0.3, -0.25) is 4.79 Å². The molecule has 1 fully saturated rings. The number of thioether (sulfide) groups is 1. The molecule has 2 bridgehead atoms. The predicted octanol–water partition coefficient (Wildman–Crippen LogP) is 2.85. The lowest BCUT2D eigenvalue weighted by atomic mass is 9.80. The Morgan fingerprint density at radius 3 is 2.79 bits per heavy atom. The van der Waals surface area contributed by atoms with E-state index in [1.54, 1.807) is 0 Å². The average molecular weight is 271 g/mol. The number of fused-ring (bicyclic) bond motifs is 2. The number of benzene rings is 1. The number of aryl methyl sites for hydroxylation is 1. The highest BCUT2D eigenvalue weighted by atomic mass is 32.2. The Hall–Kier alpha value is -1.73. The molecule has 1 aromatic rings. The Balaban J connectivity index is 1.97. The Kier molecular flexibility index (Phi) is 2.87. The van der Waals surface area contributed by atoms with Gasteiger partial charge < -0.3 is 4.74 Å². The third kappa shape index (κ3) is 1.95. The van der Waals surface area contributed by atoms with Crippen molar-refractivity contribution in [3.05, 3.63) is 42.0 Å². The van der Waals surface area contributed by atoms with Gasteiger partial charge in [-0.05, 0) is 25.1 Å². The van der Waals surface area contributed by atoms with Crippen LogP contribution in [-0.2, 0) is 9.53 Å². The maximum absolute atomic E-state index is 12.2. The first-order valence-electron chi connectivity index (χ1n) is 6.20. The molecule has 19 heavy (non-hydrogen) atoms. The quantitative estimate of drug-likeness (QED) is 0.613. The summed E-state index contributed by atoms with van der Waals surface area (Å²) in [6, 6.07) is 10.2. The highest BCUT2D eigenvalue weighted by Crippen LogP contribution is 2.48. The monoisotopic (exact) mass is 271 g/mol. The maximum Gasteiger partial charge on any atom is 0.328 e. The normalized spacial score (nSPS) is 31.9. The third-order valence-corrected chi connectivity index (χ3v) is 5.02. The molecule has 3 atom stereocenters. The second-order valence-corrected chi connectivity index (χ2v) is 6.28. The summed E-state index contributed by atoms with van der Waals surface area (Å²) in [7, 11) is 0. The van der Waals surface area contributed by atoms with Gasteiger partial charge >= 0.3 is 5.97 Å². The second-order valence-electron chi connectivity index (χ2n) is 4.93. The Bertz CT molecular complexity index is 587. The van der Waals surface area contributed by atoms with E-state index < -0.39 is 4.75 Å². The SMILES string of the molecule is Cc1ccc(S[C@@]23C=C[C@@H](C[C@H]2C#N)OC3=O)cc1. The minimum Gasteiger partial charge on any atom is -0.457 e. The van der Waals surface area contributed by atoms with Crippen LogP contribution in [0.5, 0.6) is 0 Å². The van der Waals surface area contributed by atoms with Gasteiger partial charge in [-0.25, -0.2) is 0 Å². The summed E-state index contributed by atoms with van der Waals surface area (Å²) in [5.41, 5.74) is 1.17. The van der Waals surface area contributed by atoms with Crippen molar-refractivity contribution in [2.24, 2.45) is 5.92 Å². The molecule has 1 aromatic carbocycles. The zero-order chi connectivity index (χ0) is 13.5. The van der Waals surface area contributed by atoms with Crippen LogP contribution in [-0.4, -0.2) is 16.8 Å². The number of hydrogen-bond donors (Lipinski definition) is 0. The van der Waals surface area contributed by atoms with E-state index in [2.05, 4.69) is 6.07 Å². The van der Waals surface area contributed by atoms with Gasteiger partial charge in [0.25, 0.3) is 0 Å². The van der Waals surface area contributed by atoms with Crippen molar-refractivity contribution in [1.29, 1.82) is 5.26 Å². The number of hydrogen-bond acceptors (Lipinski definition) is 4. The molecule has 0 unspecified atom stereocenters. The number of carbonyl (C=O) groups is 1. The van der Waals surface area contributed by atoms with Crippen molar-refractivity contribution < 1.29 is 9.53 Å². The second kappa shape index (κ2) is 4.43. The zero-order valence-corrected chi connectivity index (χ0v) is 11.3. The van der Waals surface area contributed by atoms with E-state index in [-0.39, 0.29) is 18.0 Å². The fourth-order valence-electron chi connectivity index (χ4n) is 2.48. The van der Waals surface area contributed by atoms with Crippen LogP contribution in [0.15, 0.2) is 41.3 Å². The minimum absolute atomic E-state index is 0.224. The van der Waals surface area contributed by atoms with E-state index in [0.717, 1.165) is 4.90 Å². The van der Waals surface area contributed by atoms with Gasteiger partial charge in [-0.2, -0.15) is 5.26 Å². The first kappa shape index (κ1) is 12.3. The Morgan fingerprint density at radius 1 is 1.42 bits per heavy atom. The molecule has 0 amide bonds. The van der Waals surface area contributed by atoms with Crippen LogP contribution in [0.2, 0.25) is 0 Å². The Morgan fingerprint density at radius 2 is 2.16 bits per heavy atom. The van der Waals surface area contributed by atoms with E-state index in [1.807, 2.05) is 43.3 Å². The van der Waals surface area contributed by atoms with E-state index in [9.17, 15) is 10.1 Å².